The molecule has 2 unspecified atom stereocenters. The molecule has 0 saturated heterocycles. The number of hydrazone groups is 1. The number of para-hydroxylation sites is 2. The Hall–Kier alpha value is -3.60. The second kappa shape index (κ2) is 7.56. The number of anilines is 1. The average Bonchev–Trinajstić information content (AvgIpc) is 3.05. The quantitative estimate of drug-likeness (QED) is 0.298. The van der Waals surface area contributed by atoms with Crippen LogP contribution in [0.4, 0.5) is 5.69 Å². The van der Waals surface area contributed by atoms with Crippen LogP contribution in [-0.4, -0.2) is 16.8 Å². The smallest absolute Gasteiger partial charge is 0.319 e. The number of fused-ring (bicyclic) bond motifs is 1. The topological polar surface area (TPSA) is 70.9 Å². The number of carbonyl (C=O) groups is 1. The Kier molecular flexibility index (Phi) is 4.81. The number of aromatic hydroxyl groups is 1. The molecule has 140 valence electrons. The van der Waals surface area contributed by atoms with Crippen molar-refractivity contribution in [3.05, 3.63) is 90.0 Å². The van der Waals surface area contributed by atoms with Crippen LogP contribution in [0.15, 0.2) is 84.0 Å². The molecule has 1 heterocycles. The molecular weight excluding hydrogens is 352 g/mol. The van der Waals surface area contributed by atoms with Gasteiger partial charge in [0, 0.05) is 11.5 Å². The molecule has 3 aromatic carbocycles. The summed E-state index contributed by atoms with van der Waals surface area (Å²) in [6.07, 6.45) is 0. The Labute approximate surface area is 163 Å². The molecule has 0 aliphatic carbocycles. The molecule has 0 aromatic heterocycles. The lowest BCUT2D eigenvalue weighted by Crippen LogP contribution is -2.26. The van der Waals surface area contributed by atoms with E-state index in [4.69, 9.17) is 4.74 Å². The fourth-order valence-electron chi connectivity index (χ4n) is 3.46. The van der Waals surface area contributed by atoms with E-state index in [9.17, 15) is 9.90 Å². The molecule has 28 heavy (non-hydrogen) atoms. The van der Waals surface area contributed by atoms with Crippen LogP contribution in [0.25, 0.3) is 0 Å². The summed E-state index contributed by atoms with van der Waals surface area (Å²) < 4.78 is 5.45. The van der Waals surface area contributed by atoms with Gasteiger partial charge in [0.05, 0.1) is 17.3 Å². The third-order valence-corrected chi connectivity index (χ3v) is 4.89. The highest BCUT2D eigenvalue weighted by Crippen LogP contribution is 2.40. The maximum absolute atomic E-state index is 12.6. The van der Waals surface area contributed by atoms with E-state index in [0.717, 1.165) is 16.8 Å². The maximum atomic E-state index is 12.6. The van der Waals surface area contributed by atoms with E-state index in [-0.39, 0.29) is 17.6 Å². The van der Waals surface area contributed by atoms with Crippen LogP contribution in [0.3, 0.4) is 0 Å². The molecule has 2 atom stereocenters. The molecule has 0 spiro atoms. The summed E-state index contributed by atoms with van der Waals surface area (Å²) in [5, 5.41) is 14.3. The molecule has 0 radical (unpaired) electrons. The van der Waals surface area contributed by atoms with Gasteiger partial charge in [0.1, 0.15) is 11.5 Å². The lowest BCUT2D eigenvalue weighted by Gasteiger charge is -2.20. The summed E-state index contributed by atoms with van der Waals surface area (Å²) >= 11 is 0. The van der Waals surface area contributed by atoms with Crippen LogP contribution in [0.1, 0.15) is 24.0 Å². The molecule has 0 fully saturated rings. The van der Waals surface area contributed by atoms with Crippen molar-refractivity contribution in [3.8, 4) is 11.5 Å². The number of phenolic OH excluding ortho intramolecular Hbond substituents is 1. The number of esters is 1. The van der Waals surface area contributed by atoms with Crippen molar-refractivity contribution in [2.24, 2.45) is 11.0 Å². The number of ether oxygens (including phenoxy) is 1. The summed E-state index contributed by atoms with van der Waals surface area (Å²) in [4.78, 5) is 12.6. The fraction of sp³-hybridized carbons (Fsp3) is 0.130. The van der Waals surface area contributed by atoms with Gasteiger partial charge in [-0.2, -0.15) is 5.10 Å². The Morgan fingerprint density at radius 2 is 1.68 bits per heavy atom. The minimum atomic E-state index is -0.443. The Morgan fingerprint density at radius 3 is 2.43 bits per heavy atom. The Balaban J connectivity index is 1.72. The van der Waals surface area contributed by atoms with Crippen LogP contribution in [0.5, 0.6) is 11.5 Å². The van der Waals surface area contributed by atoms with Crippen molar-refractivity contribution in [2.45, 2.75) is 12.8 Å². The number of benzene rings is 3. The number of nitrogens with one attached hydrogen (secondary N) is 1. The molecular formula is C23H20N2O3. The molecule has 0 amide bonds. The summed E-state index contributed by atoms with van der Waals surface area (Å²) in [5.41, 5.74) is 6.32. The molecule has 5 heteroatoms. The van der Waals surface area contributed by atoms with Crippen LogP contribution in [0.2, 0.25) is 0 Å². The Bertz CT molecular complexity index is 1010. The third-order valence-electron chi connectivity index (χ3n) is 4.89. The summed E-state index contributed by atoms with van der Waals surface area (Å²) in [5.74, 6) is -0.180. The van der Waals surface area contributed by atoms with Gasteiger partial charge in [0.25, 0.3) is 0 Å². The summed E-state index contributed by atoms with van der Waals surface area (Å²) in [7, 11) is 0. The SMILES string of the molecule is CC(/C(=N\Nc1ccccc1)c1ccc(O)cc1)C1C(=O)Oc2ccccc21. The molecule has 0 bridgehead atoms. The van der Waals surface area contributed by atoms with Crippen molar-refractivity contribution in [1.82, 2.24) is 0 Å². The van der Waals surface area contributed by atoms with E-state index in [2.05, 4.69) is 10.5 Å². The minimum absolute atomic E-state index is 0.178. The fourth-order valence-corrected chi connectivity index (χ4v) is 3.46. The standard InChI is InChI=1S/C23H20N2O3/c1-15(21-19-9-5-6-10-20(19)28-23(21)27)22(16-11-13-18(26)14-12-16)25-24-17-7-3-2-4-8-17/h2-15,21,24,26H,1H3/b25-22+. The van der Waals surface area contributed by atoms with Gasteiger partial charge < -0.3 is 9.84 Å². The monoisotopic (exact) mass is 372 g/mol. The van der Waals surface area contributed by atoms with Crippen LogP contribution in [0, 0.1) is 5.92 Å². The van der Waals surface area contributed by atoms with Gasteiger partial charge in [-0.05, 0) is 48.0 Å². The molecule has 2 N–H and O–H groups in total. The van der Waals surface area contributed by atoms with Gasteiger partial charge in [-0.1, -0.05) is 43.3 Å². The van der Waals surface area contributed by atoms with E-state index < -0.39 is 5.92 Å². The lowest BCUT2D eigenvalue weighted by molar-refractivity contribution is -0.134. The first kappa shape index (κ1) is 17.8. The van der Waals surface area contributed by atoms with Gasteiger partial charge in [0.15, 0.2) is 0 Å². The number of hydrogen-bond acceptors (Lipinski definition) is 5. The van der Waals surface area contributed by atoms with Crippen molar-refractivity contribution in [2.75, 3.05) is 5.43 Å². The molecule has 3 aromatic rings. The van der Waals surface area contributed by atoms with E-state index >= 15 is 0 Å². The molecule has 4 rings (SSSR count). The first-order valence-electron chi connectivity index (χ1n) is 9.12. The van der Waals surface area contributed by atoms with Gasteiger partial charge in [-0.15, -0.1) is 0 Å². The molecule has 0 saturated carbocycles. The van der Waals surface area contributed by atoms with Crippen molar-refractivity contribution in [1.29, 1.82) is 0 Å². The van der Waals surface area contributed by atoms with E-state index in [1.54, 1.807) is 30.3 Å². The van der Waals surface area contributed by atoms with Crippen molar-refractivity contribution >= 4 is 17.4 Å². The zero-order valence-corrected chi connectivity index (χ0v) is 15.4. The van der Waals surface area contributed by atoms with E-state index in [1.165, 1.54) is 0 Å². The first-order valence-corrected chi connectivity index (χ1v) is 9.12. The normalized spacial score (nSPS) is 17.0. The summed E-state index contributed by atoms with van der Waals surface area (Å²) in [6, 6.07) is 23.9. The summed E-state index contributed by atoms with van der Waals surface area (Å²) in [6.45, 7) is 1.96. The van der Waals surface area contributed by atoms with Crippen molar-refractivity contribution in [3.63, 3.8) is 0 Å². The largest absolute Gasteiger partial charge is 0.508 e. The van der Waals surface area contributed by atoms with Gasteiger partial charge in [0.2, 0.25) is 0 Å². The van der Waals surface area contributed by atoms with Crippen molar-refractivity contribution < 1.29 is 14.6 Å². The zero-order chi connectivity index (χ0) is 19.5. The Morgan fingerprint density at radius 1 is 1.00 bits per heavy atom. The predicted molar refractivity (Wildman–Crippen MR) is 109 cm³/mol. The highest BCUT2D eigenvalue weighted by molar-refractivity contribution is 6.06. The van der Waals surface area contributed by atoms with Crippen LogP contribution in [-0.2, 0) is 4.79 Å². The highest BCUT2D eigenvalue weighted by Gasteiger charge is 2.39. The average molecular weight is 372 g/mol. The van der Waals surface area contributed by atoms with Gasteiger partial charge >= 0.3 is 5.97 Å². The minimum Gasteiger partial charge on any atom is -0.508 e. The number of hydrogen-bond donors (Lipinski definition) is 2. The van der Waals surface area contributed by atoms with Gasteiger partial charge in [-0.25, -0.2) is 0 Å². The van der Waals surface area contributed by atoms with E-state index in [0.29, 0.717) is 11.5 Å². The predicted octanol–water partition coefficient (Wildman–Crippen LogP) is 4.55. The maximum Gasteiger partial charge on any atom is 0.319 e. The lowest BCUT2D eigenvalue weighted by atomic mass is 9.83. The first-order chi connectivity index (χ1) is 13.6. The third kappa shape index (κ3) is 3.47. The number of rotatable bonds is 5. The molecule has 1 aliphatic rings. The van der Waals surface area contributed by atoms with Crippen LogP contribution >= 0.6 is 0 Å². The van der Waals surface area contributed by atoms with Gasteiger partial charge in [-0.3, -0.25) is 10.2 Å². The number of carbonyl (C=O) groups excluding carboxylic acids is 1. The number of phenols is 1. The number of nitrogens with zero attached hydrogens (tertiary/aromatic N) is 1. The second-order valence-electron chi connectivity index (χ2n) is 6.75. The van der Waals surface area contributed by atoms with E-state index in [1.807, 2.05) is 55.5 Å². The highest BCUT2D eigenvalue weighted by atomic mass is 16.5. The zero-order valence-electron chi connectivity index (χ0n) is 15.4. The molecule has 5 nitrogen and oxygen atoms in total. The molecule has 1 aliphatic heterocycles. The second-order valence-corrected chi connectivity index (χ2v) is 6.75. The van der Waals surface area contributed by atoms with Crippen LogP contribution < -0.4 is 10.2 Å².